The number of carbonyl (C=O) groups excluding carboxylic acids is 1. The van der Waals surface area contributed by atoms with E-state index in [4.69, 9.17) is 37.1 Å². The van der Waals surface area contributed by atoms with Crippen molar-refractivity contribution in [2.45, 2.75) is 25.6 Å². The number of aromatic nitrogens is 1. The molecule has 1 aromatic heterocycles. The SMILES string of the molecule is O=C(OCc1cc(Cl)cc(Cl)c1)N1C[C@H]2C[C@@H](Oc3ccc4[nH]c(=O)oc4c3)C[C@H]2C1. The molecule has 2 heterocycles. The molecule has 3 aromatic rings. The molecule has 0 bridgehead atoms. The Balaban J connectivity index is 1.14. The van der Waals surface area contributed by atoms with E-state index in [0.29, 0.717) is 51.8 Å². The van der Waals surface area contributed by atoms with Crippen molar-refractivity contribution >= 4 is 40.4 Å². The second-order valence-electron chi connectivity index (χ2n) is 8.14. The number of hydrogen-bond donors (Lipinski definition) is 1. The van der Waals surface area contributed by atoms with Gasteiger partial charge in [0.25, 0.3) is 0 Å². The number of H-pyrrole nitrogens is 1. The third-order valence-electron chi connectivity index (χ3n) is 5.95. The normalized spacial score (nSPS) is 22.6. The number of halogens is 2. The number of nitrogens with zero attached hydrogens (tertiary/aromatic N) is 1. The van der Waals surface area contributed by atoms with Crippen LogP contribution in [-0.4, -0.2) is 35.2 Å². The third kappa shape index (κ3) is 4.38. The van der Waals surface area contributed by atoms with E-state index in [1.807, 2.05) is 6.07 Å². The van der Waals surface area contributed by atoms with E-state index in [2.05, 4.69) is 4.98 Å². The molecule has 2 aromatic carbocycles. The first kappa shape index (κ1) is 20.3. The van der Waals surface area contributed by atoms with Gasteiger partial charge in [-0.3, -0.25) is 4.98 Å². The van der Waals surface area contributed by atoms with Gasteiger partial charge in [0.15, 0.2) is 5.58 Å². The van der Waals surface area contributed by atoms with Crippen LogP contribution in [-0.2, 0) is 11.3 Å². The first-order valence-electron chi connectivity index (χ1n) is 10.1. The van der Waals surface area contributed by atoms with E-state index in [1.54, 1.807) is 35.2 Å². The molecule has 9 heteroatoms. The Hall–Kier alpha value is -2.64. The summed E-state index contributed by atoms with van der Waals surface area (Å²) < 4.78 is 16.7. The standard InChI is InChI=1S/C22H20Cl2N2O5/c23-15-3-12(4-16(24)7-15)11-29-22(28)26-9-13-5-18(6-14(13)10-26)30-17-1-2-19-20(8-17)31-21(27)25-19/h1-4,7-8,13-14,18H,5-6,9-11H2,(H,25,27)/t13-,14+,18-. The lowest BCUT2D eigenvalue weighted by atomic mass is 10.0. The Morgan fingerprint density at radius 2 is 1.81 bits per heavy atom. The van der Waals surface area contributed by atoms with Crippen molar-refractivity contribution < 1.29 is 18.7 Å². The highest BCUT2D eigenvalue weighted by Crippen LogP contribution is 2.40. The zero-order valence-corrected chi connectivity index (χ0v) is 18.0. The second-order valence-corrected chi connectivity index (χ2v) is 9.01. The van der Waals surface area contributed by atoms with Crippen LogP contribution in [0.15, 0.2) is 45.6 Å². The summed E-state index contributed by atoms with van der Waals surface area (Å²) in [6, 6.07) is 10.4. The van der Waals surface area contributed by atoms with E-state index in [1.165, 1.54) is 0 Å². The Bertz CT molecular complexity index is 1160. The first-order valence-corrected chi connectivity index (χ1v) is 10.8. The van der Waals surface area contributed by atoms with Gasteiger partial charge in [-0.05, 0) is 60.6 Å². The maximum atomic E-state index is 12.5. The predicted octanol–water partition coefficient (Wildman–Crippen LogP) is 4.85. The monoisotopic (exact) mass is 462 g/mol. The number of carbonyl (C=O) groups is 1. The minimum Gasteiger partial charge on any atom is -0.490 e. The van der Waals surface area contributed by atoms with Gasteiger partial charge in [-0.2, -0.15) is 0 Å². The molecule has 1 aliphatic heterocycles. The van der Waals surface area contributed by atoms with E-state index in [-0.39, 0.29) is 18.8 Å². The van der Waals surface area contributed by atoms with Crippen LogP contribution in [0.25, 0.3) is 11.1 Å². The molecule has 162 valence electrons. The van der Waals surface area contributed by atoms with Gasteiger partial charge in [0.1, 0.15) is 12.4 Å². The topological polar surface area (TPSA) is 84.8 Å². The molecule has 5 rings (SSSR count). The third-order valence-corrected chi connectivity index (χ3v) is 6.38. The van der Waals surface area contributed by atoms with Crippen molar-refractivity contribution in [2.24, 2.45) is 11.8 Å². The summed E-state index contributed by atoms with van der Waals surface area (Å²) in [5, 5.41) is 1.02. The van der Waals surface area contributed by atoms with Gasteiger partial charge >= 0.3 is 11.8 Å². The minimum absolute atomic E-state index is 0.0740. The summed E-state index contributed by atoms with van der Waals surface area (Å²) in [6.07, 6.45) is 1.49. The summed E-state index contributed by atoms with van der Waals surface area (Å²) in [5.41, 5.74) is 1.89. The summed E-state index contributed by atoms with van der Waals surface area (Å²) in [4.78, 5) is 28.2. The number of rotatable bonds is 4. The van der Waals surface area contributed by atoms with Crippen LogP contribution in [0.1, 0.15) is 18.4 Å². The van der Waals surface area contributed by atoms with Crippen molar-refractivity contribution in [2.75, 3.05) is 13.1 Å². The molecule has 0 radical (unpaired) electrons. The molecule has 7 nitrogen and oxygen atoms in total. The van der Waals surface area contributed by atoms with Gasteiger partial charge in [0.05, 0.1) is 11.6 Å². The maximum absolute atomic E-state index is 12.5. The van der Waals surface area contributed by atoms with Crippen LogP contribution in [0.4, 0.5) is 4.79 Å². The molecule has 3 atom stereocenters. The number of aromatic amines is 1. The molecule has 0 unspecified atom stereocenters. The Morgan fingerprint density at radius 1 is 1.10 bits per heavy atom. The van der Waals surface area contributed by atoms with Crippen molar-refractivity contribution in [3.63, 3.8) is 0 Å². The number of nitrogens with one attached hydrogen (secondary N) is 1. The Labute approximate surface area is 187 Å². The van der Waals surface area contributed by atoms with Gasteiger partial charge in [-0.25, -0.2) is 9.59 Å². The predicted molar refractivity (Wildman–Crippen MR) is 116 cm³/mol. The zero-order valence-electron chi connectivity index (χ0n) is 16.5. The smallest absolute Gasteiger partial charge is 0.417 e. The summed E-state index contributed by atoms with van der Waals surface area (Å²) in [5.74, 6) is 0.962. The number of benzene rings is 2. The Kier molecular flexibility index (Phi) is 5.32. The first-order chi connectivity index (χ1) is 14.9. The van der Waals surface area contributed by atoms with Gasteiger partial charge in [0.2, 0.25) is 0 Å². The molecule has 1 saturated carbocycles. The molecular formula is C22H20Cl2N2O5. The van der Waals surface area contributed by atoms with E-state index in [9.17, 15) is 9.59 Å². The van der Waals surface area contributed by atoms with Crippen LogP contribution < -0.4 is 10.5 Å². The molecule has 2 aliphatic rings. The fourth-order valence-electron chi connectivity index (χ4n) is 4.61. The highest BCUT2D eigenvalue weighted by atomic mass is 35.5. The molecular weight excluding hydrogens is 443 g/mol. The van der Waals surface area contributed by atoms with Gasteiger partial charge in [-0.1, -0.05) is 23.2 Å². The molecule has 0 spiro atoms. The lowest BCUT2D eigenvalue weighted by molar-refractivity contribution is 0.0986. The van der Waals surface area contributed by atoms with E-state index < -0.39 is 5.76 Å². The fourth-order valence-corrected chi connectivity index (χ4v) is 5.18. The molecule has 1 amide bonds. The van der Waals surface area contributed by atoms with Gasteiger partial charge < -0.3 is 18.8 Å². The number of fused-ring (bicyclic) bond motifs is 2. The zero-order chi connectivity index (χ0) is 21.5. The molecule has 2 fully saturated rings. The number of oxazole rings is 1. The number of likely N-dealkylation sites (tertiary alicyclic amines) is 1. The highest BCUT2D eigenvalue weighted by molar-refractivity contribution is 6.34. The van der Waals surface area contributed by atoms with Gasteiger partial charge in [-0.15, -0.1) is 0 Å². The van der Waals surface area contributed by atoms with Crippen molar-refractivity contribution in [3.05, 3.63) is 62.6 Å². The fraction of sp³-hybridized carbons (Fsp3) is 0.364. The maximum Gasteiger partial charge on any atom is 0.417 e. The number of amides is 1. The average molecular weight is 463 g/mol. The van der Waals surface area contributed by atoms with Crippen LogP contribution in [0.5, 0.6) is 5.75 Å². The van der Waals surface area contributed by atoms with Crippen LogP contribution in [0.2, 0.25) is 10.0 Å². The lowest BCUT2D eigenvalue weighted by Gasteiger charge is -2.20. The summed E-state index contributed by atoms with van der Waals surface area (Å²) in [6.45, 7) is 1.45. The Morgan fingerprint density at radius 3 is 2.52 bits per heavy atom. The van der Waals surface area contributed by atoms with Crippen LogP contribution in [0.3, 0.4) is 0 Å². The summed E-state index contributed by atoms with van der Waals surface area (Å²) in [7, 11) is 0. The molecule has 31 heavy (non-hydrogen) atoms. The average Bonchev–Trinajstić information content (AvgIpc) is 3.37. The molecule has 1 saturated heterocycles. The second kappa shape index (κ2) is 8.13. The van der Waals surface area contributed by atoms with Crippen molar-refractivity contribution in [1.29, 1.82) is 0 Å². The summed E-state index contributed by atoms with van der Waals surface area (Å²) >= 11 is 12.0. The van der Waals surface area contributed by atoms with Crippen molar-refractivity contribution in [1.82, 2.24) is 9.88 Å². The number of ether oxygens (including phenoxy) is 2. The van der Waals surface area contributed by atoms with Crippen LogP contribution in [0, 0.1) is 11.8 Å². The minimum atomic E-state index is -0.479. The highest BCUT2D eigenvalue weighted by Gasteiger charge is 2.43. The quantitative estimate of drug-likeness (QED) is 0.598. The van der Waals surface area contributed by atoms with Crippen LogP contribution >= 0.6 is 23.2 Å². The van der Waals surface area contributed by atoms with E-state index >= 15 is 0 Å². The number of hydrogen-bond acceptors (Lipinski definition) is 5. The molecule has 1 N–H and O–H groups in total. The van der Waals surface area contributed by atoms with E-state index in [0.717, 1.165) is 18.4 Å². The lowest BCUT2D eigenvalue weighted by Crippen LogP contribution is -2.31. The van der Waals surface area contributed by atoms with Gasteiger partial charge in [0, 0.05) is 29.2 Å². The molecule has 1 aliphatic carbocycles. The largest absolute Gasteiger partial charge is 0.490 e. The van der Waals surface area contributed by atoms with Crippen molar-refractivity contribution in [3.8, 4) is 5.75 Å².